The minimum absolute atomic E-state index is 0.0201. The monoisotopic (exact) mass is 518 g/mol. The third-order valence-electron chi connectivity index (χ3n) is 8.72. The smallest absolute Gasteiger partial charge is 0.237 e. The summed E-state index contributed by atoms with van der Waals surface area (Å²) >= 11 is 0. The summed E-state index contributed by atoms with van der Waals surface area (Å²) < 4.78 is 0. The molecule has 3 heterocycles. The summed E-state index contributed by atoms with van der Waals surface area (Å²) in [4.78, 5) is 16.2. The Bertz CT molecular complexity index is 1090. The van der Waals surface area contributed by atoms with Gasteiger partial charge in [-0.1, -0.05) is 50.7 Å². The third kappa shape index (κ3) is 6.89. The number of rotatable bonds is 4. The highest BCUT2D eigenvalue weighted by Gasteiger charge is 2.28. The van der Waals surface area contributed by atoms with Crippen LogP contribution in [-0.2, 0) is 24.2 Å². The topological polar surface area (TPSA) is 76.6 Å². The summed E-state index contributed by atoms with van der Waals surface area (Å²) in [6, 6.07) is 10.2. The van der Waals surface area contributed by atoms with Crippen LogP contribution < -0.4 is 16.0 Å². The van der Waals surface area contributed by atoms with E-state index in [9.17, 15) is 9.90 Å². The number of hydrogen-bond acceptors (Lipinski definition) is 5. The molecule has 0 saturated carbocycles. The van der Waals surface area contributed by atoms with Crippen molar-refractivity contribution in [1.82, 2.24) is 15.5 Å². The maximum Gasteiger partial charge on any atom is 0.237 e. The lowest BCUT2D eigenvalue weighted by molar-refractivity contribution is -0.123. The lowest BCUT2D eigenvalue weighted by Gasteiger charge is -2.30. The number of phenolic OH excluding ortho intramolecular Hbond substituents is 1. The van der Waals surface area contributed by atoms with E-state index in [1.54, 1.807) is 6.07 Å². The van der Waals surface area contributed by atoms with Gasteiger partial charge in [0.25, 0.3) is 0 Å². The van der Waals surface area contributed by atoms with Crippen molar-refractivity contribution in [2.45, 2.75) is 96.2 Å². The quantitative estimate of drug-likeness (QED) is 0.438. The zero-order chi connectivity index (χ0) is 26.3. The Hall–Kier alpha value is -2.57. The molecule has 3 aliphatic heterocycles. The Morgan fingerprint density at radius 1 is 1.00 bits per heavy atom. The number of amides is 1. The number of fused-ring (bicyclic) bond motifs is 2. The average molecular weight is 519 g/mol. The van der Waals surface area contributed by atoms with Crippen LogP contribution in [0.2, 0.25) is 0 Å². The molecule has 38 heavy (non-hydrogen) atoms. The molecule has 6 nitrogen and oxygen atoms in total. The third-order valence-corrected chi connectivity index (χ3v) is 8.72. The Morgan fingerprint density at radius 3 is 2.50 bits per heavy atom. The van der Waals surface area contributed by atoms with Crippen LogP contribution in [0.3, 0.4) is 0 Å². The standard InChI is InChI=1S/C32H46N4O2/c1-23-18-26(37)20-25-12-14-34-31(21-27(23)25)32(38)35-30-13-15-33-29-11-10-24(19-28(29)30)22-36-16-8-6-4-2-3-5-7-9-17-36/h10-11,18-20,30-31,33-34,37H,2-9,12-17,21-22H2,1H3,(H,35,38). The van der Waals surface area contributed by atoms with Crippen LogP contribution in [0.1, 0.15) is 91.6 Å². The SMILES string of the molecule is Cc1cc(O)cc2c1CC(C(=O)NC1CCNc3ccc(CN4CCCCCCCCCC4)cc31)NCC2. The highest BCUT2D eigenvalue weighted by molar-refractivity contribution is 5.83. The largest absolute Gasteiger partial charge is 0.508 e. The molecule has 0 bridgehead atoms. The molecular formula is C32H46N4O2. The Morgan fingerprint density at radius 2 is 1.74 bits per heavy atom. The van der Waals surface area contributed by atoms with Gasteiger partial charge in [0, 0.05) is 18.8 Å². The van der Waals surface area contributed by atoms with Gasteiger partial charge >= 0.3 is 0 Å². The van der Waals surface area contributed by atoms with E-state index < -0.39 is 0 Å². The number of carbonyl (C=O) groups excluding carboxylic acids is 1. The van der Waals surface area contributed by atoms with Crippen LogP contribution in [0.4, 0.5) is 5.69 Å². The van der Waals surface area contributed by atoms with E-state index in [1.807, 2.05) is 13.0 Å². The molecule has 3 aliphatic rings. The minimum atomic E-state index is -0.265. The Balaban J connectivity index is 1.26. The molecule has 2 aromatic rings. The molecule has 4 N–H and O–H groups in total. The second-order valence-electron chi connectivity index (χ2n) is 11.7. The number of hydrogen-bond donors (Lipinski definition) is 4. The molecule has 206 valence electrons. The van der Waals surface area contributed by atoms with Gasteiger partial charge in [0.2, 0.25) is 5.91 Å². The van der Waals surface area contributed by atoms with Gasteiger partial charge < -0.3 is 21.1 Å². The first kappa shape index (κ1) is 27.0. The van der Waals surface area contributed by atoms with Crippen molar-refractivity contribution in [3.05, 3.63) is 58.1 Å². The number of anilines is 1. The number of phenols is 1. The highest BCUT2D eigenvalue weighted by atomic mass is 16.3. The fraction of sp³-hybridized carbons (Fsp3) is 0.594. The lowest BCUT2D eigenvalue weighted by atomic mass is 9.93. The van der Waals surface area contributed by atoms with Gasteiger partial charge in [-0.3, -0.25) is 9.69 Å². The van der Waals surface area contributed by atoms with Crippen LogP contribution in [0.5, 0.6) is 5.75 Å². The first-order chi connectivity index (χ1) is 18.6. The molecule has 1 saturated heterocycles. The first-order valence-electron chi connectivity index (χ1n) is 15.0. The summed E-state index contributed by atoms with van der Waals surface area (Å²) in [6.07, 6.45) is 13.2. The van der Waals surface area contributed by atoms with E-state index in [4.69, 9.17) is 0 Å². The normalized spacial score (nSPS) is 23.2. The van der Waals surface area contributed by atoms with Crippen molar-refractivity contribution in [2.24, 2.45) is 0 Å². The van der Waals surface area contributed by atoms with Crippen molar-refractivity contribution >= 4 is 11.6 Å². The molecule has 1 fully saturated rings. The summed E-state index contributed by atoms with van der Waals surface area (Å²) in [5, 5.41) is 20.4. The molecule has 1 amide bonds. The second-order valence-corrected chi connectivity index (χ2v) is 11.7. The predicted molar refractivity (Wildman–Crippen MR) is 155 cm³/mol. The van der Waals surface area contributed by atoms with Crippen LogP contribution in [0, 0.1) is 6.92 Å². The fourth-order valence-electron chi connectivity index (χ4n) is 6.58. The maximum atomic E-state index is 13.5. The molecule has 0 radical (unpaired) electrons. The Labute approximate surface area is 228 Å². The Kier molecular flexibility index (Phi) is 9.23. The molecule has 2 atom stereocenters. The molecule has 2 aromatic carbocycles. The van der Waals surface area contributed by atoms with Crippen LogP contribution in [0.25, 0.3) is 0 Å². The van der Waals surface area contributed by atoms with E-state index >= 15 is 0 Å². The van der Waals surface area contributed by atoms with Crippen molar-refractivity contribution < 1.29 is 9.90 Å². The van der Waals surface area contributed by atoms with Gasteiger partial charge in [0.1, 0.15) is 5.75 Å². The first-order valence-corrected chi connectivity index (χ1v) is 15.0. The second kappa shape index (κ2) is 13.0. The molecule has 0 aromatic heterocycles. The van der Waals surface area contributed by atoms with Gasteiger partial charge in [0.05, 0.1) is 12.1 Å². The lowest BCUT2D eigenvalue weighted by Crippen LogP contribution is -2.47. The molecule has 6 heteroatoms. The van der Waals surface area contributed by atoms with E-state index in [1.165, 1.54) is 81.1 Å². The van der Waals surface area contributed by atoms with Crippen molar-refractivity contribution in [3.63, 3.8) is 0 Å². The summed E-state index contributed by atoms with van der Waals surface area (Å²) in [5.74, 6) is 0.379. The number of benzene rings is 2. The van der Waals surface area contributed by atoms with Crippen molar-refractivity contribution in [2.75, 3.05) is 31.5 Å². The number of aromatic hydroxyl groups is 1. The van der Waals surface area contributed by atoms with Gasteiger partial charge in [-0.05, 0) is 105 Å². The summed E-state index contributed by atoms with van der Waals surface area (Å²) in [6.45, 7) is 6.98. The molecule has 2 unspecified atom stereocenters. The molecule has 5 rings (SSSR count). The molecule has 0 spiro atoms. The summed E-state index contributed by atoms with van der Waals surface area (Å²) in [5.41, 5.74) is 7.11. The van der Waals surface area contributed by atoms with Crippen molar-refractivity contribution in [3.8, 4) is 5.75 Å². The van der Waals surface area contributed by atoms with Gasteiger partial charge in [-0.15, -0.1) is 0 Å². The number of aryl methyl sites for hydroxylation is 1. The van der Waals surface area contributed by atoms with E-state index in [2.05, 4.69) is 39.0 Å². The zero-order valence-corrected chi connectivity index (χ0v) is 23.2. The minimum Gasteiger partial charge on any atom is -0.508 e. The van der Waals surface area contributed by atoms with E-state index in [0.29, 0.717) is 12.2 Å². The van der Waals surface area contributed by atoms with E-state index in [0.717, 1.165) is 49.3 Å². The highest BCUT2D eigenvalue weighted by Crippen LogP contribution is 2.32. The maximum absolute atomic E-state index is 13.5. The molecular weight excluding hydrogens is 472 g/mol. The summed E-state index contributed by atoms with van der Waals surface area (Å²) in [7, 11) is 0. The average Bonchev–Trinajstić information content (AvgIpc) is 3.15. The number of carbonyl (C=O) groups is 1. The van der Waals surface area contributed by atoms with Crippen LogP contribution in [-0.4, -0.2) is 48.1 Å². The van der Waals surface area contributed by atoms with Crippen molar-refractivity contribution in [1.29, 1.82) is 0 Å². The van der Waals surface area contributed by atoms with Gasteiger partial charge in [-0.25, -0.2) is 0 Å². The molecule has 0 aliphatic carbocycles. The fourth-order valence-corrected chi connectivity index (χ4v) is 6.58. The van der Waals surface area contributed by atoms with E-state index in [-0.39, 0.29) is 18.0 Å². The van der Waals surface area contributed by atoms with Crippen LogP contribution in [0.15, 0.2) is 30.3 Å². The van der Waals surface area contributed by atoms with Gasteiger partial charge in [0.15, 0.2) is 0 Å². The van der Waals surface area contributed by atoms with Crippen LogP contribution >= 0.6 is 0 Å². The predicted octanol–water partition coefficient (Wildman–Crippen LogP) is 5.37. The van der Waals surface area contributed by atoms with Gasteiger partial charge in [-0.2, -0.15) is 0 Å². The zero-order valence-electron chi connectivity index (χ0n) is 23.2. The number of nitrogens with zero attached hydrogens (tertiary/aromatic N) is 1. The number of nitrogens with one attached hydrogen (secondary N) is 3.